The van der Waals surface area contributed by atoms with E-state index in [1.807, 2.05) is 43.3 Å². The number of amides is 1. The Morgan fingerprint density at radius 2 is 1.90 bits per heavy atom. The smallest absolute Gasteiger partial charge is 0.255 e. The second-order valence-electron chi connectivity index (χ2n) is 5.20. The Morgan fingerprint density at radius 3 is 2.55 bits per heavy atom. The van der Waals surface area contributed by atoms with E-state index in [0.29, 0.717) is 11.5 Å². The molecule has 2 nitrogen and oxygen atoms in total. The van der Waals surface area contributed by atoms with Gasteiger partial charge in [0, 0.05) is 14.8 Å². The lowest BCUT2D eigenvalue weighted by Crippen LogP contribution is -2.12. The number of aryl methyl sites for hydroxylation is 1. The van der Waals surface area contributed by atoms with Crippen LogP contribution in [-0.2, 0) is 0 Å². The Balaban J connectivity index is 2.19. The van der Waals surface area contributed by atoms with Crippen LogP contribution in [0.15, 0.2) is 42.5 Å². The van der Waals surface area contributed by atoms with Crippen molar-refractivity contribution in [2.75, 3.05) is 5.32 Å². The van der Waals surface area contributed by atoms with Crippen LogP contribution in [0.3, 0.4) is 0 Å². The molecular formula is C17H18INO. The topological polar surface area (TPSA) is 29.1 Å². The van der Waals surface area contributed by atoms with Crippen molar-refractivity contribution >= 4 is 34.2 Å². The SMILES string of the molecule is Cc1ccc(C(=O)Nc2cccc(C(C)C)c2)cc1I. The summed E-state index contributed by atoms with van der Waals surface area (Å²) in [7, 11) is 0. The predicted molar refractivity (Wildman–Crippen MR) is 92.4 cm³/mol. The number of anilines is 1. The lowest BCUT2D eigenvalue weighted by Gasteiger charge is -2.10. The average Bonchev–Trinajstić information content (AvgIpc) is 2.42. The van der Waals surface area contributed by atoms with E-state index in [1.54, 1.807) is 0 Å². The number of carbonyl (C=O) groups excluding carboxylic acids is 1. The summed E-state index contributed by atoms with van der Waals surface area (Å²) in [5.41, 5.74) is 3.94. The Kier molecular flexibility index (Phi) is 4.81. The van der Waals surface area contributed by atoms with Crippen LogP contribution in [0.2, 0.25) is 0 Å². The first-order valence-electron chi connectivity index (χ1n) is 6.65. The zero-order valence-electron chi connectivity index (χ0n) is 11.9. The van der Waals surface area contributed by atoms with Gasteiger partial charge in [-0.25, -0.2) is 0 Å². The van der Waals surface area contributed by atoms with Gasteiger partial charge in [-0.1, -0.05) is 32.0 Å². The zero-order chi connectivity index (χ0) is 14.7. The van der Waals surface area contributed by atoms with E-state index in [1.165, 1.54) is 11.1 Å². The largest absolute Gasteiger partial charge is 0.322 e. The van der Waals surface area contributed by atoms with Gasteiger partial charge in [-0.05, 0) is 70.8 Å². The van der Waals surface area contributed by atoms with Gasteiger partial charge in [0.25, 0.3) is 5.91 Å². The number of carbonyl (C=O) groups is 1. The van der Waals surface area contributed by atoms with Crippen LogP contribution in [0.25, 0.3) is 0 Å². The number of hydrogen-bond acceptors (Lipinski definition) is 1. The monoisotopic (exact) mass is 379 g/mol. The molecule has 3 heteroatoms. The van der Waals surface area contributed by atoms with Crippen LogP contribution in [0.5, 0.6) is 0 Å². The van der Waals surface area contributed by atoms with Gasteiger partial charge in [0.15, 0.2) is 0 Å². The third-order valence-electron chi connectivity index (χ3n) is 3.25. The van der Waals surface area contributed by atoms with Crippen LogP contribution in [0.1, 0.15) is 41.3 Å². The lowest BCUT2D eigenvalue weighted by molar-refractivity contribution is 0.102. The first kappa shape index (κ1) is 15.0. The van der Waals surface area contributed by atoms with Gasteiger partial charge >= 0.3 is 0 Å². The molecule has 0 aliphatic rings. The standard InChI is InChI=1S/C17H18INO/c1-11(2)13-5-4-6-15(9-13)19-17(20)14-8-7-12(3)16(18)10-14/h4-11H,1-3H3,(H,19,20). The second-order valence-corrected chi connectivity index (χ2v) is 6.36. The minimum Gasteiger partial charge on any atom is -0.322 e. The van der Waals surface area contributed by atoms with E-state index < -0.39 is 0 Å². The highest BCUT2D eigenvalue weighted by molar-refractivity contribution is 14.1. The highest BCUT2D eigenvalue weighted by atomic mass is 127. The van der Waals surface area contributed by atoms with E-state index in [4.69, 9.17) is 0 Å². The van der Waals surface area contributed by atoms with Crippen molar-refractivity contribution in [2.45, 2.75) is 26.7 Å². The summed E-state index contributed by atoms with van der Waals surface area (Å²) in [5, 5.41) is 2.96. The van der Waals surface area contributed by atoms with Gasteiger partial charge in [-0.2, -0.15) is 0 Å². The first-order chi connectivity index (χ1) is 9.47. The first-order valence-corrected chi connectivity index (χ1v) is 7.72. The highest BCUT2D eigenvalue weighted by Crippen LogP contribution is 2.20. The Labute approximate surface area is 133 Å². The van der Waals surface area contributed by atoms with Gasteiger partial charge in [0.1, 0.15) is 0 Å². The van der Waals surface area contributed by atoms with Crippen molar-refractivity contribution in [3.8, 4) is 0 Å². The van der Waals surface area contributed by atoms with Gasteiger partial charge in [-0.15, -0.1) is 0 Å². The Morgan fingerprint density at radius 1 is 1.15 bits per heavy atom. The fourth-order valence-corrected chi connectivity index (χ4v) is 2.43. The number of benzene rings is 2. The molecule has 2 rings (SSSR count). The average molecular weight is 379 g/mol. The van der Waals surface area contributed by atoms with Crippen molar-refractivity contribution < 1.29 is 4.79 Å². The normalized spacial score (nSPS) is 10.7. The van der Waals surface area contributed by atoms with Crippen molar-refractivity contribution in [2.24, 2.45) is 0 Å². The third kappa shape index (κ3) is 3.60. The molecule has 0 aliphatic heterocycles. The van der Waals surface area contributed by atoms with Gasteiger partial charge in [0.05, 0.1) is 0 Å². The van der Waals surface area contributed by atoms with Crippen LogP contribution in [0, 0.1) is 10.5 Å². The maximum Gasteiger partial charge on any atom is 0.255 e. The van der Waals surface area contributed by atoms with Crippen LogP contribution >= 0.6 is 22.6 Å². The summed E-state index contributed by atoms with van der Waals surface area (Å²) in [5.74, 6) is 0.385. The van der Waals surface area contributed by atoms with E-state index in [2.05, 4.69) is 47.8 Å². The minimum atomic E-state index is -0.0659. The molecule has 1 N–H and O–H groups in total. The molecule has 0 saturated carbocycles. The molecule has 1 amide bonds. The fourth-order valence-electron chi connectivity index (χ4n) is 1.91. The van der Waals surface area contributed by atoms with Gasteiger partial charge in [-0.3, -0.25) is 4.79 Å². The maximum absolute atomic E-state index is 12.2. The third-order valence-corrected chi connectivity index (χ3v) is 4.41. The molecule has 0 saturated heterocycles. The molecule has 0 aromatic heterocycles. The Hall–Kier alpha value is -1.36. The summed E-state index contributed by atoms with van der Waals surface area (Å²) < 4.78 is 1.10. The summed E-state index contributed by atoms with van der Waals surface area (Å²) in [6, 6.07) is 13.8. The second kappa shape index (κ2) is 6.39. The molecule has 0 fully saturated rings. The van der Waals surface area contributed by atoms with Crippen molar-refractivity contribution in [1.29, 1.82) is 0 Å². The highest BCUT2D eigenvalue weighted by Gasteiger charge is 2.08. The molecule has 0 heterocycles. The number of rotatable bonds is 3. The molecular weight excluding hydrogens is 361 g/mol. The zero-order valence-corrected chi connectivity index (χ0v) is 14.1. The molecule has 2 aromatic carbocycles. The number of nitrogens with one attached hydrogen (secondary N) is 1. The summed E-state index contributed by atoms with van der Waals surface area (Å²) in [4.78, 5) is 12.2. The van der Waals surface area contributed by atoms with Gasteiger partial charge in [0.2, 0.25) is 0 Å². The van der Waals surface area contributed by atoms with Gasteiger partial charge < -0.3 is 5.32 Å². The predicted octanol–water partition coefficient (Wildman–Crippen LogP) is 4.98. The Bertz CT molecular complexity index is 635. The summed E-state index contributed by atoms with van der Waals surface area (Å²) >= 11 is 2.25. The molecule has 0 aliphatic carbocycles. The molecule has 104 valence electrons. The molecule has 0 radical (unpaired) electrons. The van der Waals surface area contributed by atoms with E-state index in [9.17, 15) is 4.79 Å². The molecule has 2 aromatic rings. The van der Waals surface area contributed by atoms with Crippen LogP contribution in [0.4, 0.5) is 5.69 Å². The van der Waals surface area contributed by atoms with E-state index in [-0.39, 0.29) is 5.91 Å². The van der Waals surface area contributed by atoms with Crippen molar-refractivity contribution in [3.63, 3.8) is 0 Å². The van der Waals surface area contributed by atoms with Crippen molar-refractivity contribution in [3.05, 3.63) is 62.7 Å². The van der Waals surface area contributed by atoms with E-state index >= 15 is 0 Å². The fraction of sp³-hybridized carbons (Fsp3) is 0.235. The van der Waals surface area contributed by atoms with Crippen molar-refractivity contribution in [1.82, 2.24) is 0 Å². The minimum absolute atomic E-state index is 0.0659. The number of halogens is 1. The van der Waals surface area contributed by atoms with Crippen LogP contribution < -0.4 is 5.32 Å². The van der Waals surface area contributed by atoms with E-state index in [0.717, 1.165) is 9.26 Å². The lowest BCUT2D eigenvalue weighted by atomic mass is 10.0. The molecule has 0 atom stereocenters. The summed E-state index contributed by atoms with van der Waals surface area (Å²) in [6.07, 6.45) is 0. The summed E-state index contributed by atoms with van der Waals surface area (Å²) in [6.45, 7) is 6.32. The molecule has 0 unspecified atom stereocenters. The quantitative estimate of drug-likeness (QED) is 0.750. The molecule has 20 heavy (non-hydrogen) atoms. The molecule has 0 spiro atoms. The maximum atomic E-state index is 12.2. The van der Waals surface area contributed by atoms with Crippen LogP contribution in [-0.4, -0.2) is 5.91 Å². The number of hydrogen-bond donors (Lipinski definition) is 1. The molecule has 0 bridgehead atoms.